The van der Waals surface area contributed by atoms with Gasteiger partial charge in [-0.25, -0.2) is 0 Å². The standard InChI is InChI=1S/C26H29N3O2/c30-25(27-15-18-14-19(17-27)22-10-5-11-26(31)29(22)16-18)12-13-28-23-8-3-1-6-20(23)21-7-2-4-9-24(21)28/h1,3,5-6,8,10-11,18-19H,2,4,7,9,12-17H2/t18-,19+/m0/s1. The number of likely N-dealkylation sites (tertiary alicyclic amines) is 1. The Labute approximate surface area is 182 Å². The SMILES string of the molecule is O=C(CCn1c2c(c3ccccc31)CCCC2)N1C[C@@H]2C[C@H](C1)c1cccc(=O)n1C2. The Balaban J connectivity index is 1.22. The fourth-order valence-corrected chi connectivity index (χ4v) is 6.31. The molecule has 0 unspecified atom stereocenters. The first-order chi connectivity index (χ1) is 15.2. The molecule has 0 N–H and O–H groups in total. The van der Waals surface area contributed by atoms with E-state index in [-0.39, 0.29) is 17.4 Å². The van der Waals surface area contributed by atoms with Gasteiger partial charge in [-0.1, -0.05) is 24.3 Å². The molecule has 2 bridgehead atoms. The lowest BCUT2D eigenvalue weighted by molar-refractivity contribution is -0.134. The van der Waals surface area contributed by atoms with Gasteiger partial charge in [-0.05, 0) is 55.7 Å². The van der Waals surface area contributed by atoms with E-state index in [2.05, 4.69) is 39.8 Å². The summed E-state index contributed by atoms with van der Waals surface area (Å²) in [5, 5.41) is 1.37. The minimum atomic E-state index is 0.0937. The number of para-hydroxylation sites is 1. The third-order valence-electron chi connectivity index (χ3n) is 7.67. The van der Waals surface area contributed by atoms with Gasteiger partial charge < -0.3 is 14.0 Å². The summed E-state index contributed by atoms with van der Waals surface area (Å²) in [5.74, 6) is 0.921. The van der Waals surface area contributed by atoms with Gasteiger partial charge in [0.15, 0.2) is 0 Å². The van der Waals surface area contributed by atoms with E-state index >= 15 is 0 Å². The lowest BCUT2D eigenvalue weighted by atomic mass is 9.83. The molecule has 2 aliphatic heterocycles. The number of benzene rings is 1. The summed E-state index contributed by atoms with van der Waals surface area (Å²) in [6.45, 7) is 3.02. The number of fused-ring (bicyclic) bond motifs is 7. The van der Waals surface area contributed by atoms with Crippen molar-refractivity contribution in [2.75, 3.05) is 13.1 Å². The van der Waals surface area contributed by atoms with Crippen molar-refractivity contribution in [3.05, 3.63) is 69.8 Å². The van der Waals surface area contributed by atoms with Gasteiger partial charge in [0.2, 0.25) is 5.91 Å². The number of carbonyl (C=O) groups excluding carboxylic acids is 1. The number of hydrogen-bond donors (Lipinski definition) is 0. The predicted molar refractivity (Wildman–Crippen MR) is 121 cm³/mol. The van der Waals surface area contributed by atoms with Crippen molar-refractivity contribution >= 4 is 16.8 Å². The first kappa shape index (κ1) is 18.9. The van der Waals surface area contributed by atoms with E-state index in [1.807, 2.05) is 10.6 Å². The van der Waals surface area contributed by atoms with Crippen molar-refractivity contribution in [2.24, 2.45) is 5.92 Å². The fourth-order valence-electron chi connectivity index (χ4n) is 6.31. The van der Waals surface area contributed by atoms with Gasteiger partial charge in [0.25, 0.3) is 5.56 Å². The van der Waals surface area contributed by atoms with Crippen LogP contribution in [0.25, 0.3) is 10.9 Å². The zero-order valence-electron chi connectivity index (χ0n) is 17.9. The molecule has 6 rings (SSSR count). The van der Waals surface area contributed by atoms with E-state index in [1.54, 1.807) is 6.07 Å². The third-order valence-corrected chi connectivity index (χ3v) is 7.67. The summed E-state index contributed by atoms with van der Waals surface area (Å²) >= 11 is 0. The lowest BCUT2D eigenvalue weighted by Crippen LogP contribution is -2.49. The van der Waals surface area contributed by atoms with Crippen LogP contribution in [0.5, 0.6) is 0 Å². The number of aromatic nitrogens is 2. The van der Waals surface area contributed by atoms with Crippen molar-refractivity contribution in [3.8, 4) is 0 Å². The molecule has 2 aromatic heterocycles. The van der Waals surface area contributed by atoms with Crippen LogP contribution in [0.2, 0.25) is 0 Å². The molecule has 0 saturated carbocycles. The second kappa shape index (κ2) is 7.40. The molecular weight excluding hydrogens is 386 g/mol. The van der Waals surface area contributed by atoms with Crippen LogP contribution in [-0.2, 0) is 30.7 Å². The average Bonchev–Trinajstić information content (AvgIpc) is 3.12. The molecule has 5 nitrogen and oxygen atoms in total. The monoisotopic (exact) mass is 415 g/mol. The highest BCUT2D eigenvalue weighted by molar-refractivity contribution is 5.86. The van der Waals surface area contributed by atoms with E-state index in [9.17, 15) is 9.59 Å². The van der Waals surface area contributed by atoms with Crippen molar-refractivity contribution < 1.29 is 4.79 Å². The lowest BCUT2D eigenvalue weighted by Gasteiger charge is -2.42. The van der Waals surface area contributed by atoms with Gasteiger partial charge in [0.1, 0.15) is 0 Å². The van der Waals surface area contributed by atoms with E-state index < -0.39 is 0 Å². The second-order valence-electron chi connectivity index (χ2n) is 9.55. The van der Waals surface area contributed by atoms with Crippen LogP contribution in [-0.4, -0.2) is 33.0 Å². The van der Waals surface area contributed by atoms with Crippen molar-refractivity contribution in [2.45, 2.75) is 57.5 Å². The van der Waals surface area contributed by atoms with Crippen molar-refractivity contribution in [1.29, 1.82) is 0 Å². The Morgan fingerprint density at radius 2 is 1.84 bits per heavy atom. The van der Waals surface area contributed by atoms with Crippen LogP contribution < -0.4 is 5.56 Å². The van der Waals surface area contributed by atoms with Crippen LogP contribution in [0.1, 0.15) is 48.6 Å². The number of pyridine rings is 1. The molecule has 0 radical (unpaired) electrons. The number of hydrogen-bond acceptors (Lipinski definition) is 2. The third kappa shape index (κ3) is 3.13. The summed E-state index contributed by atoms with van der Waals surface area (Å²) < 4.78 is 4.35. The number of piperidine rings is 1. The van der Waals surface area contributed by atoms with E-state index in [1.165, 1.54) is 35.0 Å². The van der Waals surface area contributed by atoms with Crippen LogP contribution >= 0.6 is 0 Å². The number of rotatable bonds is 3. The number of carbonyl (C=O) groups is 1. The number of amides is 1. The van der Waals surface area contributed by atoms with Crippen LogP contribution in [0.15, 0.2) is 47.3 Å². The summed E-state index contributed by atoms with van der Waals surface area (Å²) in [5.41, 5.74) is 5.43. The second-order valence-corrected chi connectivity index (χ2v) is 9.55. The van der Waals surface area contributed by atoms with E-state index in [4.69, 9.17) is 0 Å². The van der Waals surface area contributed by atoms with Gasteiger partial charge >= 0.3 is 0 Å². The molecule has 4 heterocycles. The van der Waals surface area contributed by atoms with Gasteiger partial charge in [0, 0.05) is 66.9 Å². The summed E-state index contributed by atoms with van der Waals surface area (Å²) in [6, 6.07) is 14.3. The molecule has 3 aromatic rings. The fraction of sp³-hybridized carbons (Fsp3) is 0.462. The summed E-state index contributed by atoms with van der Waals surface area (Å²) in [4.78, 5) is 27.6. The first-order valence-corrected chi connectivity index (χ1v) is 11.8. The topological polar surface area (TPSA) is 47.2 Å². The largest absolute Gasteiger partial charge is 0.344 e. The van der Waals surface area contributed by atoms with Gasteiger partial charge in [-0.15, -0.1) is 0 Å². The molecule has 0 spiro atoms. The Hall–Kier alpha value is -2.82. The van der Waals surface area contributed by atoms with Crippen molar-refractivity contribution in [1.82, 2.24) is 14.0 Å². The molecule has 31 heavy (non-hydrogen) atoms. The number of aryl methyl sites for hydroxylation is 2. The van der Waals surface area contributed by atoms with Crippen LogP contribution in [0.4, 0.5) is 0 Å². The maximum atomic E-state index is 13.3. The Kier molecular flexibility index (Phi) is 4.51. The maximum Gasteiger partial charge on any atom is 0.250 e. The highest BCUT2D eigenvalue weighted by atomic mass is 16.2. The zero-order valence-corrected chi connectivity index (χ0v) is 17.9. The Bertz CT molecular complexity index is 1220. The van der Waals surface area contributed by atoms with Gasteiger partial charge in [-0.3, -0.25) is 9.59 Å². The van der Waals surface area contributed by atoms with Crippen LogP contribution in [0.3, 0.4) is 0 Å². The molecule has 1 aromatic carbocycles. The smallest absolute Gasteiger partial charge is 0.250 e. The minimum Gasteiger partial charge on any atom is -0.344 e. The molecule has 1 saturated heterocycles. The summed E-state index contributed by atoms with van der Waals surface area (Å²) in [7, 11) is 0. The average molecular weight is 416 g/mol. The van der Waals surface area contributed by atoms with E-state index in [0.717, 1.165) is 51.1 Å². The maximum absolute atomic E-state index is 13.3. The van der Waals surface area contributed by atoms with Gasteiger partial charge in [0.05, 0.1) is 0 Å². The van der Waals surface area contributed by atoms with Crippen LogP contribution in [0, 0.1) is 5.92 Å². The minimum absolute atomic E-state index is 0.0937. The predicted octanol–water partition coefficient (Wildman–Crippen LogP) is 3.72. The summed E-state index contributed by atoms with van der Waals surface area (Å²) in [6.07, 6.45) is 6.42. The highest BCUT2D eigenvalue weighted by Gasteiger charge is 2.36. The van der Waals surface area contributed by atoms with Crippen molar-refractivity contribution in [3.63, 3.8) is 0 Å². The highest BCUT2D eigenvalue weighted by Crippen LogP contribution is 2.36. The Morgan fingerprint density at radius 3 is 2.77 bits per heavy atom. The molecule has 5 heteroatoms. The number of nitrogens with zero attached hydrogens (tertiary/aromatic N) is 3. The molecule has 1 amide bonds. The molecule has 2 atom stereocenters. The first-order valence-electron chi connectivity index (χ1n) is 11.8. The zero-order chi connectivity index (χ0) is 20.9. The van der Waals surface area contributed by atoms with Gasteiger partial charge in [-0.2, -0.15) is 0 Å². The molecule has 3 aliphatic rings. The molecule has 1 aliphatic carbocycles. The van der Waals surface area contributed by atoms with E-state index in [0.29, 0.717) is 12.3 Å². The normalized spacial score (nSPS) is 22.3. The quantitative estimate of drug-likeness (QED) is 0.655. The molecular formula is C26H29N3O2. The molecule has 160 valence electrons. The molecule has 1 fully saturated rings. The Morgan fingerprint density at radius 1 is 0.968 bits per heavy atom.